The molecule has 1 N–H and O–H groups in total. The summed E-state index contributed by atoms with van der Waals surface area (Å²) in [4.78, 5) is 34.5. The fourth-order valence-electron chi connectivity index (χ4n) is 3.90. The number of carbonyl (C=O) groups is 2. The maximum Gasteiger partial charge on any atom is 0.417 e. The number of carboxylic acid groups (broad SMARTS) is 1. The molecule has 0 radical (unpaired) electrons. The third-order valence-corrected chi connectivity index (χ3v) is 5.25. The van der Waals surface area contributed by atoms with Gasteiger partial charge in [-0.3, -0.25) is 4.79 Å². The van der Waals surface area contributed by atoms with E-state index in [-0.39, 0.29) is 22.5 Å². The summed E-state index contributed by atoms with van der Waals surface area (Å²) in [5.74, 6) is -1.63. The Morgan fingerprint density at radius 1 is 1.00 bits per heavy atom. The Morgan fingerprint density at radius 2 is 1.74 bits per heavy atom. The third kappa shape index (κ3) is 3.13. The average molecular weight is 427 g/mol. The number of halogens is 3. The lowest BCUT2D eigenvalue weighted by molar-refractivity contribution is -0.137. The zero-order valence-electron chi connectivity index (χ0n) is 16.4. The van der Waals surface area contributed by atoms with Gasteiger partial charge in [0.05, 0.1) is 16.5 Å². The summed E-state index contributed by atoms with van der Waals surface area (Å²) in [5, 5.41) is 9.35. The van der Waals surface area contributed by atoms with Gasteiger partial charge >= 0.3 is 12.1 Å². The molecule has 1 aliphatic rings. The molecule has 1 amide bonds. The largest absolute Gasteiger partial charge is 0.478 e. The predicted octanol–water partition coefficient (Wildman–Crippen LogP) is 4.82. The lowest BCUT2D eigenvalue weighted by Crippen LogP contribution is -2.33. The van der Waals surface area contributed by atoms with Crippen molar-refractivity contribution in [3.63, 3.8) is 0 Å². The summed E-state index contributed by atoms with van der Waals surface area (Å²) >= 11 is 0. The molecule has 158 valence electrons. The molecular weight excluding hydrogens is 411 g/mol. The molecule has 0 saturated heterocycles. The number of hydrogen-bond acceptors (Lipinski definition) is 4. The number of aromatic nitrogens is 2. The van der Waals surface area contributed by atoms with Crippen LogP contribution in [-0.2, 0) is 16.4 Å². The number of nitrogens with zero attached hydrogens (tertiary/aromatic N) is 3. The molecule has 9 heteroatoms. The minimum atomic E-state index is -4.92. The molecule has 4 rings (SSSR count). The second kappa shape index (κ2) is 6.90. The molecule has 2 aromatic heterocycles. The Bertz CT molecular complexity index is 1210. The van der Waals surface area contributed by atoms with Gasteiger partial charge in [-0.2, -0.15) is 13.2 Å². The molecule has 6 nitrogen and oxygen atoms in total. The van der Waals surface area contributed by atoms with Gasteiger partial charge in [0.25, 0.3) is 0 Å². The smallest absolute Gasteiger partial charge is 0.417 e. The SMILES string of the molecule is CC1(C)C(=O)N(c2ccccn2)c2nccc(-c3cccc(C(=O)O)c3C(F)(F)F)c21. The lowest BCUT2D eigenvalue weighted by Gasteiger charge is -2.22. The number of hydrogen-bond donors (Lipinski definition) is 1. The minimum absolute atomic E-state index is 0.0946. The van der Waals surface area contributed by atoms with Crippen molar-refractivity contribution in [3.05, 3.63) is 71.5 Å². The number of rotatable bonds is 3. The minimum Gasteiger partial charge on any atom is -0.478 e. The number of carboxylic acids is 1. The summed E-state index contributed by atoms with van der Waals surface area (Å²) in [6.07, 6.45) is -2.13. The van der Waals surface area contributed by atoms with Crippen LogP contribution in [0.3, 0.4) is 0 Å². The second-order valence-corrected chi connectivity index (χ2v) is 7.54. The van der Waals surface area contributed by atoms with E-state index >= 15 is 0 Å². The van der Waals surface area contributed by atoms with Crippen molar-refractivity contribution in [2.24, 2.45) is 0 Å². The van der Waals surface area contributed by atoms with Gasteiger partial charge in [-0.05, 0) is 49.2 Å². The van der Waals surface area contributed by atoms with E-state index in [1.54, 1.807) is 32.0 Å². The molecule has 3 heterocycles. The van der Waals surface area contributed by atoms with Gasteiger partial charge < -0.3 is 5.11 Å². The van der Waals surface area contributed by atoms with Crippen molar-refractivity contribution in [1.29, 1.82) is 0 Å². The van der Waals surface area contributed by atoms with Crippen LogP contribution in [0.4, 0.5) is 24.8 Å². The topological polar surface area (TPSA) is 83.4 Å². The van der Waals surface area contributed by atoms with Gasteiger partial charge in [0.1, 0.15) is 11.6 Å². The number of fused-ring (bicyclic) bond motifs is 1. The standard InChI is InChI=1S/C22H16F3N3O3/c1-21(2)17-13(12-6-5-7-14(19(29)30)16(12)22(23,24)25)9-11-27-18(17)28(20(21)31)15-8-3-4-10-26-15/h3-11H,1-2H3,(H,29,30). The molecule has 3 aromatic rings. The van der Waals surface area contributed by atoms with Crippen LogP contribution in [0.2, 0.25) is 0 Å². The van der Waals surface area contributed by atoms with Crippen LogP contribution < -0.4 is 4.90 Å². The second-order valence-electron chi connectivity index (χ2n) is 7.54. The summed E-state index contributed by atoms with van der Waals surface area (Å²) in [5.41, 5.74) is -3.31. The number of amides is 1. The van der Waals surface area contributed by atoms with E-state index in [1.165, 1.54) is 35.5 Å². The first-order valence-corrected chi connectivity index (χ1v) is 9.24. The van der Waals surface area contributed by atoms with Crippen LogP contribution in [0.25, 0.3) is 11.1 Å². The van der Waals surface area contributed by atoms with Crippen molar-refractivity contribution < 1.29 is 27.9 Å². The van der Waals surface area contributed by atoms with Crippen molar-refractivity contribution in [2.75, 3.05) is 4.90 Å². The molecule has 0 unspecified atom stereocenters. The van der Waals surface area contributed by atoms with E-state index < -0.39 is 34.6 Å². The number of pyridine rings is 2. The summed E-state index contributed by atoms with van der Waals surface area (Å²) < 4.78 is 41.9. The molecule has 0 saturated carbocycles. The van der Waals surface area contributed by atoms with Gasteiger partial charge in [-0.15, -0.1) is 0 Å². The number of anilines is 2. The summed E-state index contributed by atoms with van der Waals surface area (Å²) in [6, 6.07) is 9.69. The highest BCUT2D eigenvalue weighted by molar-refractivity contribution is 6.13. The predicted molar refractivity (Wildman–Crippen MR) is 106 cm³/mol. The molecule has 0 atom stereocenters. The first-order valence-electron chi connectivity index (χ1n) is 9.24. The highest BCUT2D eigenvalue weighted by Crippen LogP contribution is 2.50. The number of aromatic carboxylic acids is 1. The third-order valence-electron chi connectivity index (χ3n) is 5.25. The highest BCUT2D eigenvalue weighted by Gasteiger charge is 2.49. The van der Waals surface area contributed by atoms with E-state index in [2.05, 4.69) is 9.97 Å². The maximum atomic E-state index is 14.0. The van der Waals surface area contributed by atoms with Gasteiger partial charge in [0.15, 0.2) is 0 Å². The van der Waals surface area contributed by atoms with Crippen molar-refractivity contribution >= 4 is 23.5 Å². The lowest BCUT2D eigenvalue weighted by atomic mass is 9.81. The highest BCUT2D eigenvalue weighted by atomic mass is 19.4. The Balaban J connectivity index is 2.05. The van der Waals surface area contributed by atoms with Crippen molar-refractivity contribution in [1.82, 2.24) is 9.97 Å². The Labute approximate surface area is 175 Å². The van der Waals surface area contributed by atoms with Crippen molar-refractivity contribution in [2.45, 2.75) is 25.4 Å². The Kier molecular flexibility index (Phi) is 4.57. The molecule has 31 heavy (non-hydrogen) atoms. The molecule has 1 aromatic carbocycles. The Morgan fingerprint density at radius 3 is 2.35 bits per heavy atom. The van der Waals surface area contributed by atoms with Gasteiger partial charge in [0, 0.05) is 18.0 Å². The molecule has 1 aliphatic heterocycles. The van der Waals surface area contributed by atoms with E-state index in [0.29, 0.717) is 5.82 Å². The van der Waals surface area contributed by atoms with Crippen LogP contribution in [-0.4, -0.2) is 27.0 Å². The van der Waals surface area contributed by atoms with E-state index in [0.717, 1.165) is 6.07 Å². The van der Waals surface area contributed by atoms with E-state index in [4.69, 9.17) is 0 Å². The number of benzene rings is 1. The monoisotopic (exact) mass is 427 g/mol. The zero-order chi connectivity index (χ0) is 22.6. The molecule has 0 bridgehead atoms. The molecule has 0 spiro atoms. The number of carbonyl (C=O) groups excluding carboxylic acids is 1. The summed E-state index contributed by atoms with van der Waals surface area (Å²) in [7, 11) is 0. The molecule has 0 aliphatic carbocycles. The zero-order valence-corrected chi connectivity index (χ0v) is 16.4. The van der Waals surface area contributed by atoms with Crippen LogP contribution >= 0.6 is 0 Å². The molecular formula is C22H16F3N3O3. The van der Waals surface area contributed by atoms with Gasteiger partial charge in [0.2, 0.25) is 5.91 Å². The van der Waals surface area contributed by atoms with Gasteiger partial charge in [-0.1, -0.05) is 18.2 Å². The first-order chi connectivity index (χ1) is 14.5. The Hall–Kier alpha value is -3.75. The van der Waals surface area contributed by atoms with Crippen LogP contribution in [0.5, 0.6) is 0 Å². The van der Waals surface area contributed by atoms with E-state index in [1.807, 2.05) is 0 Å². The normalized spacial score (nSPS) is 15.1. The van der Waals surface area contributed by atoms with Crippen molar-refractivity contribution in [3.8, 4) is 11.1 Å². The molecule has 0 fully saturated rings. The van der Waals surface area contributed by atoms with Crippen LogP contribution in [0.1, 0.15) is 35.3 Å². The van der Waals surface area contributed by atoms with E-state index in [9.17, 15) is 27.9 Å². The van der Waals surface area contributed by atoms with Crippen LogP contribution in [0.15, 0.2) is 54.9 Å². The van der Waals surface area contributed by atoms with Crippen LogP contribution in [0, 0.1) is 0 Å². The number of alkyl halides is 3. The fraction of sp³-hybridized carbons (Fsp3) is 0.182. The first kappa shape index (κ1) is 20.5. The van der Waals surface area contributed by atoms with Gasteiger partial charge in [-0.25, -0.2) is 19.7 Å². The maximum absolute atomic E-state index is 14.0. The average Bonchev–Trinajstić information content (AvgIpc) is 2.93. The quantitative estimate of drug-likeness (QED) is 0.648. The summed E-state index contributed by atoms with van der Waals surface area (Å²) in [6.45, 7) is 3.19. The fourth-order valence-corrected chi connectivity index (χ4v) is 3.90.